The number of carbonyl (C=O) groups is 1. The van der Waals surface area contributed by atoms with Crippen LogP contribution in [0.2, 0.25) is 0 Å². The molecule has 2 saturated heterocycles. The molecule has 0 saturated carbocycles. The number of aliphatic imine (C=N–C) groups is 1. The zero-order chi connectivity index (χ0) is 24.6. The van der Waals surface area contributed by atoms with Crippen molar-refractivity contribution in [2.75, 3.05) is 45.3 Å². The van der Waals surface area contributed by atoms with Crippen LogP contribution >= 0.6 is 0 Å². The first-order valence-electron chi connectivity index (χ1n) is 13.3. The van der Waals surface area contributed by atoms with E-state index in [1.54, 1.807) is 14.2 Å². The summed E-state index contributed by atoms with van der Waals surface area (Å²) in [6, 6.07) is 13.3. The van der Waals surface area contributed by atoms with Crippen molar-refractivity contribution in [3.05, 3.63) is 53.1 Å². The predicted octanol–water partition coefficient (Wildman–Crippen LogP) is 3.55. The molecule has 7 nitrogen and oxygen atoms in total. The fraction of sp³-hybridized carbons (Fsp3) is 0.517. The summed E-state index contributed by atoms with van der Waals surface area (Å²) in [7, 11) is 3.40. The Labute approximate surface area is 213 Å². The minimum atomic E-state index is 0.257. The molecule has 2 fully saturated rings. The number of hydrogen-bond donors (Lipinski definition) is 1. The van der Waals surface area contributed by atoms with Crippen LogP contribution in [0.4, 0.5) is 5.69 Å². The topological polar surface area (TPSA) is 66.4 Å². The number of amidine groups is 1. The molecule has 0 aromatic heterocycles. The van der Waals surface area contributed by atoms with Crippen LogP contribution in [0.5, 0.6) is 11.5 Å². The number of rotatable bonds is 6. The standard InChI is InChI=1S/C29H36N4O3/c1-35-26-15-19-7-8-24-23(22(19)17-27(26)36-2)18-28(31-24)30-11-14-32-12-9-21(10-13-32)33-25-6-4-3-5-20(25)16-29(33)34/h3-6,15,17,21,23-24H,7-14,16,18H2,1-2H3,(H,30,31)/t23-,24+/m0/s1. The summed E-state index contributed by atoms with van der Waals surface area (Å²) in [5.41, 5.74) is 5.05. The first kappa shape index (κ1) is 23.3. The predicted molar refractivity (Wildman–Crippen MR) is 142 cm³/mol. The maximum atomic E-state index is 12.7. The maximum Gasteiger partial charge on any atom is 0.231 e. The lowest BCUT2D eigenvalue weighted by atomic mass is 9.79. The van der Waals surface area contributed by atoms with Gasteiger partial charge in [0, 0.05) is 49.7 Å². The molecule has 0 spiro atoms. The Kier molecular flexibility index (Phi) is 6.34. The van der Waals surface area contributed by atoms with Crippen LogP contribution in [0, 0.1) is 0 Å². The lowest BCUT2D eigenvalue weighted by Crippen LogP contribution is -2.46. The second-order valence-corrected chi connectivity index (χ2v) is 10.5. The highest BCUT2D eigenvalue weighted by molar-refractivity contribution is 6.01. The molecule has 1 aliphatic carbocycles. The van der Waals surface area contributed by atoms with Gasteiger partial charge in [-0.3, -0.25) is 9.79 Å². The second kappa shape index (κ2) is 9.77. The Balaban J connectivity index is 1.03. The van der Waals surface area contributed by atoms with Gasteiger partial charge in [-0.05, 0) is 60.6 Å². The third-order valence-corrected chi connectivity index (χ3v) is 8.52. The van der Waals surface area contributed by atoms with Crippen molar-refractivity contribution < 1.29 is 14.3 Å². The summed E-state index contributed by atoms with van der Waals surface area (Å²) in [5, 5.41) is 3.71. The summed E-state index contributed by atoms with van der Waals surface area (Å²) >= 11 is 0. The van der Waals surface area contributed by atoms with Gasteiger partial charge in [-0.2, -0.15) is 0 Å². The highest BCUT2D eigenvalue weighted by Crippen LogP contribution is 2.42. The summed E-state index contributed by atoms with van der Waals surface area (Å²) in [4.78, 5) is 22.2. The van der Waals surface area contributed by atoms with E-state index in [1.165, 1.54) is 16.7 Å². The number of carbonyl (C=O) groups excluding carboxylic acids is 1. The van der Waals surface area contributed by atoms with E-state index in [0.717, 1.165) is 81.3 Å². The zero-order valence-electron chi connectivity index (χ0n) is 21.3. The van der Waals surface area contributed by atoms with Crippen LogP contribution in [-0.2, 0) is 17.6 Å². The Hall–Kier alpha value is -3.06. The number of amides is 1. The van der Waals surface area contributed by atoms with Crippen molar-refractivity contribution in [1.29, 1.82) is 0 Å². The van der Waals surface area contributed by atoms with Gasteiger partial charge in [0.05, 0.1) is 33.0 Å². The van der Waals surface area contributed by atoms with Crippen molar-refractivity contribution in [3.8, 4) is 11.5 Å². The number of para-hydroxylation sites is 1. The van der Waals surface area contributed by atoms with Gasteiger partial charge in [0.2, 0.25) is 5.91 Å². The van der Waals surface area contributed by atoms with Crippen LogP contribution in [0.1, 0.15) is 48.3 Å². The highest BCUT2D eigenvalue weighted by Gasteiger charge is 2.37. The number of anilines is 1. The van der Waals surface area contributed by atoms with Gasteiger partial charge >= 0.3 is 0 Å². The number of nitrogens with zero attached hydrogens (tertiary/aromatic N) is 3. The van der Waals surface area contributed by atoms with Gasteiger partial charge in [0.1, 0.15) is 0 Å². The molecule has 0 unspecified atom stereocenters. The van der Waals surface area contributed by atoms with Gasteiger partial charge in [-0.25, -0.2) is 0 Å². The van der Waals surface area contributed by atoms with Crippen LogP contribution in [0.3, 0.4) is 0 Å². The van der Waals surface area contributed by atoms with Crippen molar-refractivity contribution in [1.82, 2.24) is 10.2 Å². The molecule has 2 aromatic carbocycles. The molecule has 3 aliphatic heterocycles. The van der Waals surface area contributed by atoms with E-state index in [9.17, 15) is 4.79 Å². The highest BCUT2D eigenvalue weighted by atomic mass is 16.5. The summed E-state index contributed by atoms with van der Waals surface area (Å²) in [5.74, 6) is 3.47. The lowest BCUT2D eigenvalue weighted by Gasteiger charge is -2.36. The van der Waals surface area contributed by atoms with Gasteiger partial charge in [0.15, 0.2) is 11.5 Å². The van der Waals surface area contributed by atoms with Crippen LogP contribution < -0.4 is 19.7 Å². The molecule has 2 aromatic rings. The zero-order valence-corrected chi connectivity index (χ0v) is 21.3. The maximum absolute atomic E-state index is 12.7. The Morgan fingerprint density at radius 2 is 1.81 bits per heavy atom. The van der Waals surface area contributed by atoms with Crippen molar-refractivity contribution in [2.45, 2.75) is 56.5 Å². The number of methoxy groups -OCH3 is 2. The van der Waals surface area contributed by atoms with E-state index in [4.69, 9.17) is 14.5 Å². The first-order valence-corrected chi connectivity index (χ1v) is 13.3. The summed E-state index contributed by atoms with van der Waals surface area (Å²) < 4.78 is 11.1. The number of hydrogen-bond acceptors (Lipinski definition) is 5. The van der Waals surface area contributed by atoms with Gasteiger partial charge in [0.25, 0.3) is 0 Å². The third kappa shape index (κ3) is 4.23. The molecule has 0 radical (unpaired) electrons. The fourth-order valence-electron chi connectivity index (χ4n) is 6.65. The van der Waals surface area contributed by atoms with Crippen molar-refractivity contribution in [2.24, 2.45) is 4.99 Å². The number of likely N-dealkylation sites (tertiary alicyclic amines) is 1. The van der Waals surface area contributed by atoms with E-state index < -0.39 is 0 Å². The molecule has 3 heterocycles. The summed E-state index contributed by atoms with van der Waals surface area (Å²) in [6.07, 6.45) is 5.75. The average Bonchev–Trinajstić information content (AvgIpc) is 3.48. The van der Waals surface area contributed by atoms with Crippen LogP contribution in [-0.4, -0.2) is 69.1 Å². The number of aryl methyl sites for hydroxylation is 1. The number of piperidine rings is 1. The second-order valence-electron chi connectivity index (χ2n) is 10.5. The number of ether oxygens (including phenoxy) is 2. The Morgan fingerprint density at radius 3 is 2.61 bits per heavy atom. The van der Waals surface area contributed by atoms with Crippen LogP contribution in [0.15, 0.2) is 41.4 Å². The van der Waals surface area contributed by atoms with E-state index in [-0.39, 0.29) is 5.91 Å². The van der Waals surface area contributed by atoms with Gasteiger partial charge < -0.3 is 24.6 Å². The van der Waals surface area contributed by atoms with Gasteiger partial charge in [-0.15, -0.1) is 0 Å². The fourth-order valence-corrected chi connectivity index (χ4v) is 6.65. The average molecular weight is 489 g/mol. The smallest absolute Gasteiger partial charge is 0.231 e. The third-order valence-electron chi connectivity index (χ3n) is 8.52. The molecular formula is C29H36N4O3. The monoisotopic (exact) mass is 488 g/mol. The molecule has 4 aliphatic rings. The minimum Gasteiger partial charge on any atom is -0.493 e. The number of nitrogens with one attached hydrogen (secondary N) is 1. The number of benzene rings is 2. The molecular weight excluding hydrogens is 452 g/mol. The molecule has 6 rings (SSSR count). The molecule has 190 valence electrons. The summed E-state index contributed by atoms with van der Waals surface area (Å²) in [6.45, 7) is 3.83. The first-order chi connectivity index (χ1) is 17.6. The molecule has 36 heavy (non-hydrogen) atoms. The minimum absolute atomic E-state index is 0.257. The molecule has 1 amide bonds. The normalized spacial score (nSPS) is 24.9. The quantitative estimate of drug-likeness (QED) is 0.674. The SMILES string of the molecule is COc1cc2c(cc1OC)[C@@H]1CC(=NCCN3CCC(N4C(=O)Cc5ccccc54)CC3)N[C@@H]1CC2. The van der Waals surface area contributed by atoms with Crippen molar-refractivity contribution in [3.63, 3.8) is 0 Å². The molecule has 2 atom stereocenters. The Bertz CT molecular complexity index is 1170. The lowest BCUT2D eigenvalue weighted by molar-refractivity contribution is -0.118. The van der Waals surface area contributed by atoms with Gasteiger partial charge in [-0.1, -0.05) is 18.2 Å². The Morgan fingerprint density at radius 1 is 1.03 bits per heavy atom. The largest absolute Gasteiger partial charge is 0.493 e. The molecule has 7 heteroatoms. The molecule has 0 bridgehead atoms. The van der Waals surface area contributed by atoms with Crippen LogP contribution in [0.25, 0.3) is 0 Å². The van der Waals surface area contributed by atoms with E-state index in [2.05, 4.69) is 39.4 Å². The number of fused-ring (bicyclic) bond motifs is 4. The van der Waals surface area contributed by atoms with Crippen molar-refractivity contribution >= 4 is 17.4 Å². The van der Waals surface area contributed by atoms with E-state index >= 15 is 0 Å². The van der Waals surface area contributed by atoms with E-state index in [0.29, 0.717) is 24.4 Å². The van der Waals surface area contributed by atoms with E-state index in [1.807, 2.05) is 12.1 Å². The molecule has 1 N–H and O–H groups in total.